The van der Waals surface area contributed by atoms with E-state index in [1.807, 2.05) is 32.3 Å². The van der Waals surface area contributed by atoms with E-state index in [1.54, 1.807) is 7.11 Å². The molecule has 1 aliphatic rings. The largest absolute Gasteiger partial charge is 0.497 e. The number of ether oxygens (including phenoxy) is 1. The zero-order valence-electron chi connectivity index (χ0n) is 13.1. The SMILES string of the molecule is COc1cccc(C(CNC(=O)CC2CNC2)N(C)C)c1. The van der Waals surface area contributed by atoms with Gasteiger partial charge in [-0.2, -0.15) is 0 Å². The Morgan fingerprint density at radius 1 is 1.48 bits per heavy atom. The lowest BCUT2D eigenvalue weighted by atomic mass is 9.99. The zero-order valence-corrected chi connectivity index (χ0v) is 13.1. The van der Waals surface area contributed by atoms with Crippen molar-refractivity contribution in [2.75, 3.05) is 40.8 Å². The first kappa shape index (κ1) is 15.8. The van der Waals surface area contributed by atoms with E-state index in [4.69, 9.17) is 4.74 Å². The summed E-state index contributed by atoms with van der Waals surface area (Å²) in [5.41, 5.74) is 1.14. The molecule has 1 atom stereocenters. The highest BCUT2D eigenvalue weighted by atomic mass is 16.5. The summed E-state index contributed by atoms with van der Waals surface area (Å²) in [4.78, 5) is 14.1. The minimum Gasteiger partial charge on any atom is -0.497 e. The number of methoxy groups -OCH3 is 1. The maximum atomic E-state index is 11.9. The third kappa shape index (κ3) is 4.44. The molecule has 2 N–H and O–H groups in total. The first-order chi connectivity index (χ1) is 10.1. The summed E-state index contributed by atoms with van der Waals surface area (Å²) >= 11 is 0. The van der Waals surface area contributed by atoms with Crippen LogP contribution in [0.3, 0.4) is 0 Å². The molecular formula is C16H25N3O2. The molecular weight excluding hydrogens is 266 g/mol. The lowest BCUT2D eigenvalue weighted by Crippen LogP contribution is -2.45. The zero-order chi connectivity index (χ0) is 15.2. The molecule has 0 aromatic heterocycles. The van der Waals surface area contributed by atoms with E-state index in [1.165, 1.54) is 0 Å². The Labute approximate surface area is 126 Å². The maximum Gasteiger partial charge on any atom is 0.220 e. The topological polar surface area (TPSA) is 53.6 Å². The Balaban J connectivity index is 1.93. The molecule has 1 aromatic rings. The van der Waals surface area contributed by atoms with Crippen molar-refractivity contribution in [3.05, 3.63) is 29.8 Å². The van der Waals surface area contributed by atoms with E-state index in [0.29, 0.717) is 18.9 Å². The van der Waals surface area contributed by atoms with Crippen LogP contribution in [0.4, 0.5) is 0 Å². The normalized spacial score (nSPS) is 16.4. The molecule has 21 heavy (non-hydrogen) atoms. The van der Waals surface area contributed by atoms with E-state index < -0.39 is 0 Å². The molecule has 5 heteroatoms. The van der Waals surface area contributed by atoms with Crippen molar-refractivity contribution < 1.29 is 9.53 Å². The van der Waals surface area contributed by atoms with Crippen molar-refractivity contribution in [1.29, 1.82) is 0 Å². The van der Waals surface area contributed by atoms with Crippen molar-refractivity contribution in [3.63, 3.8) is 0 Å². The first-order valence-corrected chi connectivity index (χ1v) is 7.38. The fraction of sp³-hybridized carbons (Fsp3) is 0.562. The van der Waals surface area contributed by atoms with Crippen LogP contribution in [0.2, 0.25) is 0 Å². The van der Waals surface area contributed by atoms with Gasteiger partial charge in [-0.15, -0.1) is 0 Å². The number of hydrogen-bond acceptors (Lipinski definition) is 4. The van der Waals surface area contributed by atoms with E-state index >= 15 is 0 Å². The van der Waals surface area contributed by atoms with Gasteiger partial charge in [-0.05, 0) is 50.8 Å². The molecule has 1 aromatic carbocycles. The number of rotatable bonds is 7. The highest BCUT2D eigenvalue weighted by molar-refractivity contribution is 5.76. The maximum absolute atomic E-state index is 11.9. The molecule has 0 spiro atoms. The number of likely N-dealkylation sites (N-methyl/N-ethyl adjacent to an activating group) is 1. The van der Waals surface area contributed by atoms with Gasteiger partial charge in [0.25, 0.3) is 0 Å². The van der Waals surface area contributed by atoms with Crippen LogP contribution < -0.4 is 15.4 Å². The lowest BCUT2D eigenvalue weighted by Gasteiger charge is -2.28. The second-order valence-electron chi connectivity index (χ2n) is 5.79. The second-order valence-corrected chi connectivity index (χ2v) is 5.79. The van der Waals surface area contributed by atoms with Crippen LogP contribution in [-0.4, -0.2) is 51.6 Å². The fourth-order valence-corrected chi connectivity index (χ4v) is 2.49. The van der Waals surface area contributed by atoms with Gasteiger partial charge in [0, 0.05) is 13.0 Å². The standard InChI is InChI=1S/C16H25N3O2/c1-19(2)15(13-5-4-6-14(8-13)21-3)11-18-16(20)7-12-9-17-10-12/h4-6,8,12,15,17H,7,9-11H2,1-3H3,(H,18,20). The summed E-state index contributed by atoms with van der Waals surface area (Å²) in [5, 5.41) is 6.24. The predicted molar refractivity (Wildman–Crippen MR) is 83.4 cm³/mol. The van der Waals surface area contributed by atoms with E-state index in [0.717, 1.165) is 24.4 Å². The number of carbonyl (C=O) groups excluding carboxylic acids is 1. The van der Waals surface area contributed by atoms with Crippen LogP contribution in [0.25, 0.3) is 0 Å². The number of nitrogens with one attached hydrogen (secondary N) is 2. The average molecular weight is 291 g/mol. The second kappa shape index (κ2) is 7.43. The van der Waals surface area contributed by atoms with Crippen LogP contribution >= 0.6 is 0 Å². The van der Waals surface area contributed by atoms with Crippen LogP contribution in [0.15, 0.2) is 24.3 Å². The third-order valence-corrected chi connectivity index (χ3v) is 3.93. The molecule has 1 heterocycles. The van der Waals surface area contributed by atoms with E-state index in [-0.39, 0.29) is 11.9 Å². The predicted octanol–water partition coefficient (Wildman–Crippen LogP) is 1.02. The number of hydrogen-bond donors (Lipinski definition) is 2. The van der Waals surface area contributed by atoms with Crippen LogP contribution in [0, 0.1) is 5.92 Å². The van der Waals surface area contributed by atoms with Gasteiger partial charge in [0.2, 0.25) is 5.91 Å². The van der Waals surface area contributed by atoms with Gasteiger partial charge >= 0.3 is 0 Å². The summed E-state index contributed by atoms with van der Waals surface area (Å²) in [6.07, 6.45) is 0.616. The Morgan fingerprint density at radius 3 is 2.81 bits per heavy atom. The molecule has 2 rings (SSSR count). The number of amides is 1. The Hall–Kier alpha value is -1.59. The first-order valence-electron chi connectivity index (χ1n) is 7.38. The van der Waals surface area contributed by atoms with Crippen molar-refractivity contribution >= 4 is 5.91 Å². The number of carbonyl (C=O) groups is 1. The smallest absolute Gasteiger partial charge is 0.220 e. The third-order valence-electron chi connectivity index (χ3n) is 3.93. The lowest BCUT2D eigenvalue weighted by molar-refractivity contribution is -0.122. The fourth-order valence-electron chi connectivity index (χ4n) is 2.49. The molecule has 1 amide bonds. The minimum atomic E-state index is 0.135. The van der Waals surface area contributed by atoms with E-state index in [9.17, 15) is 4.79 Å². The minimum absolute atomic E-state index is 0.135. The molecule has 1 fully saturated rings. The van der Waals surface area contributed by atoms with Crippen molar-refractivity contribution in [2.45, 2.75) is 12.5 Å². The molecule has 1 unspecified atom stereocenters. The van der Waals surface area contributed by atoms with Crippen molar-refractivity contribution in [3.8, 4) is 5.75 Å². The molecule has 0 aliphatic carbocycles. The summed E-state index contributed by atoms with van der Waals surface area (Å²) in [5.74, 6) is 1.47. The average Bonchev–Trinajstić information content (AvgIpc) is 2.43. The van der Waals surface area contributed by atoms with Crippen LogP contribution in [0.1, 0.15) is 18.0 Å². The summed E-state index contributed by atoms with van der Waals surface area (Å²) in [6.45, 7) is 2.53. The number of benzene rings is 1. The van der Waals surface area contributed by atoms with Gasteiger partial charge in [0.1, 0.15) is 5.75 Å². The monoisotopic (exact) mass is 291 g/mol. The summed E-state index contributed by atoms with van der Waals surface area (Å²) in [6, 6.07) is 8.14. The van der Waals surface area contributed by atoms with Crippen LogP contribution in [-0.2, 0) is 4.79 Å². The Bertz CT molecular complexity index is 472. The number of nitrogens with zero attached hydrogens (tertiary/aromatic N) is 1. The van der Waals surface area contributed by atoms with Gasteiger partial charge < -0.3 is 20.3 Å². The van der Waals surface area contributed by atoms with Gasteiger partial charge in [-0.3, -0.25) is 4.79 Å². The van der Waals surface area contributed by atoms with Gasteiger partial charge in [0.15, 0.2) is 0 Å². The molecule has 116 valence electrons. The highest BCUT2D eigenvalue weighted by Gasteiger charge is 2.21. The van der Waals surface area contributed by atoms with Crippen molar-refractivity contribution in [1.82, 2.24) is 15.5 Å². The summed E-state index contributed by atoms with van der Waals surface area (Å²) < 4.78 is 5.27. The van der Waals surface area contributed by atoms with Gasteiger partial charge in [0.05, 0.1) is 13.2 Å². The quantitative estimate of drug-likeness (QED) is 0.788. The molecule has 5 nitrogen and oxygen atoms in total. The molecule has 0 saturated carbocycles. The Kier molecular flexibility index (Phi) is 5.59. The van der Waals surface area contributed by atoms with E-state index in [2.05, 4.69) is 21.6 Å². The van der Waals surface area contributed by atoms with Crippen molar-refractivity contribution in [2.24, 2.45) is 5.92 Å². The van der Waals surface area contributed by atoms with Gasteiger partial charge in [-0.1, -0.05) is 12.1 Å². The highest BCUT2D eigenvalue weighted by Crippen LogP contribution is 2.22. The Morgan fingerprint density at radius 2 is 2.24 bits per heavy atom. The molecule has 0 bridgehead atoms. The molecule has 1 aliphatic heterocycles. The van der Waals surface area contributed by atoms with Gasteiger partial charge in [-0.25, -0.2) is 0 Å². The molecule has 1 saturated heterocycles. The molecule has 0 radical (unpaired) electrons. The van der Waals surface area contributed by atoms with Crippen LogP contribution in [0.5, 0.6) is 5.75 Å². The summed E-state index contributed by atoms with van der Waals surface area (Å²) in [7, 11) is 5.70.